The van der Waals surface area contributed by atoms with E-state index in [-0.39, 0.29) is 0 Å². The molecule has 2 aromatic carbocycles. The molecule has 0 amide bonds. The van der Waals surface area contributed by atoms with Crippen LogP contribution < -0.4 is 0 Å². The van der Waals surface area contributed by atoms with Gasteiger partial charge in [-0.2, -0.15) is 0 Å². The van der Waals surface area contributed by atoms with Crippen molar-refractivity contribution in [2.75, 3.05) is 0 Å². The summed E-state index contributed by atoms with van der Waals surface area (Å²) in [6.45, 7) is 6.37. The van der Waals surface area contributed by atoms with E-state index in [1.54, 1.807) is 0 Å². The van der Waals surface area contributed by atoms with Crippen LogP contribution in [0, 0.1) is 20.8 Å². The molecule has 1 heteroatoms. The molecule has 3 aromatic rings. The second-order valence-corrected chi connectivity index (χ2v) is 4.51. The summed E-state index contributed by atoms with van der Waals surface area (Å²) in [5.74, 6) is 0. The van der Waals surface area contributed by atoms with Crippen LogP contribution in [0.1, 0.15) is 16.7 Å². The van der Waals surface area contributed by atoms with E-state index in [1.807, 2.05) is 12.1 Å². The van der Waals surface area contributed by atoms with Crippen LogP contribution in [-0.2, 0) is 0 Å². The fourth-order valence-corrected chi connectivity index (χ4v) is 2.46. The Morgan fingerprint density at radius 2 is 1.75 bits per heavy atom. The second-order valence-electron chi connectivity index (χ2n) is 4.51. The van der Waals surface area contributed by atoms with Gasteiger partial charge >= 0.3 is 0 Å². The summed E-state index contributed by atoms with van der Waals surface area (Å²) in [6.07, 6.45) is 0. The predicted molar refractivity (Wildman–Crippen MR) is 67.9 cm³/mol. The lowest BCUT2D eigenvalue weighted by atomic mass is 10.0. The van der Waals surface area contributed by atoms with Gasteiger partial charge in [0.1, 0.15) is 11.2 Å². The molecule has 0 aliphatic rings. The maximum absolute atomic E-state index is 5.92. The summed E-state index contributed by atoms with van der Waals surface area (Å²) in [5.41, 5.74) is 5.79. The Kier molecular flexibility index (Phi) is 1.84. The molecular formula is C15H14O. The first-order chi connectivity index (χ1) is 7.66. The number of furan rings is 1. The van der Waals surface area contributed by atoms with Crippen molar-refractivity contribution in [3.05, 3.63) is 47.0 Å². The Labute approximate surface area is 94.7 Å². The highest BCUT2D eigenvalue weighted by molar-refractivity contribution is 6.07. The quantitative estimate of drug-likeness (QED) is 0.532. The lowest BCUT2D eigenvalue weighted by Crippen LogP contribution is -1.78. The maximum atomic E-state index is 5.92. The van der Waals surface area contributed by atoms with E-state index >= 15 is 0 Å². The summed E-state index contributed by atoms with van der Waals surface area (Å²) in [7, 11) is 0. The molecule has 0 fully saturated rings. The van der Waals surface area contributed by atoms with Crippen LogP contribution >= 0.6 is 0 Å². The summed E-state index contributed by atoms with van der Waals surface area (Å²) in [4.78, 5) is 0. The van der Waals surface area contributed by atoms with Crippen LogP contribution in [0.4, 0.5) is 0 Å². The third kappa shape index (κ3) is 1.18. The van der Waals surface area contributed by atoms with Gasteiger partial charge in [0.2, 0.25) is 0 Å². The van der Waals surface area contributed by atoms with Gasteiger partial charge < -0.3 is 4.42 Å². The van der Waals surface area contributed by atoms with Gasteiger partial charge in [-0.3, -0.25) is 0 Å². The Morgan fingerprint density at radius 3 is 2.56 bits per heavy atom. The molecule has 0 aliphatic heterocycles. The van der Waals surface area contributed by atoms with E-state index in [0.717, 1.165) is 11.2 Å². The average molecular weight is 210 g/mol. The molecule has 1 heterocycles. The van der Waals surface area contributed by atoms with E-state index in [1.165, 1.54) is 27.5 Å². The molecule has 0 radical (unpaired) electrons. The summed E-state index contributed by atoms with van der Waals surface area (Å²) in [6, 6.07) is 10.6. The van der Waals surface area contributed by atoms with Crippen molar-refractivity contribution >= 4 is 21.9 Å². The molecule has 16 heavy (non-hydrogen) atoms. The summed E-state index contributed by atoms with van der Waals surface area (Å²) >= 11 is 0. The Bertz CT molecular complexity index is 689. The van der Waals surface area contributed by atoms with Gasteiger partial charge in [-0.15, -0.1) is 0 Å². The molecule has 0 N–H and O–H groups in total. The lowest BCUT2D eigenvalue weighted by Gasteiger charge is -1.98. The van der Waals surface area contributed by atoms with E-state index in [4.69, 9.17) is 4.42 Å². The number of fused-ring (bicyclic) bond motifs is 3. The van der Waals surface area contributed by atoms with Gasteiger partial charge in [-0.25, -0.2) is 0 Å². The van der Waals surface area contributed by atoms with Crippen LogP contribution in [0.2, 0.25) is 0 Å². The largest absolute Gasteiger partial charge is 0.456 e. The number of benzene rings is 2. The van der Waals surface area contributed by atoms with Crippen LogP contribution in [0.5, 0.6) is 0 Å². The van der Waals surface area contributed by atoms with Crippen molar-refractivity contribution in [1.29, 1.82) is 0 Å². The van der Waals surface area contributed by atoms with Crippen LogP contribution in [0.25, 0.3) is 21.9 Å². The molecule has 0 saturated carbocycles. The first-order valence-corrected chi connectivity index (χ1v) is 5.56. The average Bonchev–Trinajstić information content (AvgIpc) is 2.58. The highest BCUT2D eigenvalue weighted by atomic mass is 16.3. The Balaban J connectivity index is 2.63. The molecule has 1 nitrogen and oxygen atoms in total. The monoisotopic (exact) mass is 210 g/mol. The SMILES string of the molecule is Cc1cc(C)c2oc3cccc(C)c3c2c1. The molecular weight excluding hydrogens is 196 g/mol. The standard InChI is InChI=1S/C15H14O/c1-9-7-11(3)15-12(8-9)14-10(2)5-4-6-13(14)16-15/h4-8H,1-3H3. The predicted octanol–water partition coefficient (Wildman–Crippen LogP) is 4.51. The summed E-state index contributed by atoms with van der Waals surface area (Å²) in [5, 5.41) is 2.50. The molecule has 0 aliphatic carbocycles. The topological polar surface area (TPSA) is 13.1 Å². The normalized spacial score (nSPS) is 11.4. The number of hydrogen-bond donors (Lipinski definition) is 0. The molecule has 3 rings (SSSR count). The van der Waals surface area contributed by atoms with Crippen molar-refractivity contribution in [1.82, 2.24) is 0 Å². The first kappa shape index (κ1) is 9.46. The van der Waals surface area contributed by atoms with Crippen molar-refractivity contribution in [2.24, 2.45) is 0 Å². The maximum Gasteiger partial charge on any atom is 0.138 e. The molecule has 0 spiro atoms. The van der Waals surface area contributed by atoms with Gasteiger partial charge in [-0.05, 0) is 49.6 Å². The highest BCUT2D eigenvalue weighted by Crippen LogP contribution is 2.33. The lowest BCUT2D eigenvalue weighted by molar-refractivity contribution is 0.665. The van der Waals surface area contributed by atoms with Gasteiger partial charge in [0.15, 0.2) is 0 Å². The minimum atomic E-state index is 0.990. The third-order valence-electron chi connectivity index (χ3n) is 3.13. The smallest absolute Gasteiger partial charge is 0.138 e. The minimum Gasteiger partial charge on any atom is -0.456 e. The number of aryl methyl sites for hydroxylation is 3. The van der Waals surface area contributed by atoms with Crippen molar-refractivity contribution in [3.63, 3.8) is 0 Å². The summed E-state index contributed by atoms with van der Waals surface area (Å²) < 4.78 is 5.92. The number of hydrogen-bond acceptors (Lipinski definition) is 1. The van der Waals surface area contributed by atoms with E-state index in [2.05, 4.69) is 39.0 Å². The fraction of sp³-hybridized carbons (Fsp3) is 0.200. The van der Waals surface area contributed by atoms with Crippen LogP contribution in [0.15, 0.2) is 34.7 Å². The molecule has 0 bridgehead atoms. The molecule has 1 aromatic heterocycles. The zero-order chi connectivity index (χ0) is 11.3. The first-order valence-electron chi connectivity index (χ1n) is 5.56. The second kappa shape index (κ2) is 3.11. The van der Waals surface area contributed by atoms with E-state index < -0.39 is 0 Å². The number of rotatable bonds is 0. The molecule has 0 unspecified atom stereocenters. The van der Waals surface area contributed by atoms with Crippen molar-refractivity contribution in [3.8, 4) is 0 Å². The van der Waals surface area contributed by atoms with Gasteiger partial charge in [0.05, 0.1) is 0 Å². The van der Waals surface area contributed by atoms with Crippen molar-refractivity contribution < 1.29 is 4.42 Å². The van der Waals surface area contributed by atoms with Gasteiger partial charge in [0.25, 0.3) is 0 Å². The highest BCUT2D eigenvalue weighted by Gasteiger charge is 2.10. The van der Waals surface area contributed by atoms with Crippen LogP contribution in [-0.4, -0.2) is 0 Å². The van der Waals surface area contributed by atoms with E-state index in [0.29, 0.717) is 0 Å². The molecule has 0 saturated heterocycles. The minimum absolute atomic E-state index is 0.990. The molecule has 0 atom stereocenters. The zero-order valence-electron chi connectivity index (χ0n) is 9.79. The van der Waals surface area contributed by atoms with Gasteiger partial charge in [0, 0.05) is 10.8 Å². The Hall–Kier alpha value is -1.76. The fourth-order valence-electron chi connectivity index (χ4n) is 2.46. The van der Waals surface area contributed by atoms with E-state index in [9.17, 15) is 0 Å². The van der Waals surface area contributed by atoms with Gasteiger partial charge in [-0.1, -0.05) is 18.2 Å². The zero-order valence-corrected chi connectivity index (χ0v) is 9.79. The Morgan fingerprint density at radius 1 is 0.938 bits per heavy atom. The van der Waals surface area contributed by atoms with Crippen molar-refractivity contribution in [2.45, 2.75) is 20.8 Å². The van der Waals surface area contributed by atoms with Crippen LogP contribution in [0.3, 0.4) is 0 Å². The third-order valence-corrected chi connectivity index (χ3v) is 3.13. The molecule has 80 valence electrons.